The number of para-hydroxylation sites is 1. The number of carbonyl (C=O) groups is 1. The average Bonchev–Trinajstić information content (AvgIpc) is 2.89. The third-order valence-corrected chi connectivity index (χ3v) is 7.17. The van der Waals surface area contributed by atoms with Crippen molar-refractivity contribution in [2.45, 2.75) is 58.0 Å². The standard InChI is InChI=1S/C30H31N3O3/c1-21-9-5-6-10-23(21)20-32-27-14-8-7-13-26(27)29(35)33(30(32)36)25-17-15-22(16-18-25)19-28(34)31-24-11-3-2-4-12-24/h5-10,13-18,24H,2-4,11-12,19-20H2,1H3,(H,31,34). The largest absolute Gasteiger partial charge is 0.353 e. The Morgan fingerprint density at radius 3 is 2.33 bits per heavy atom. The Morgan fingerprint density at radius 2 is 1.58 bits per heavy atom. The molecule has 0 spiro atoms. The molecule has 1 saturated carbocycles. The molecule has 6 heteroatoms. The first-order valence-corrected chi connectivity index (χ1v) is 12.7. The summed E-state index contributed by atoms with van der Waals surface area (Å²) in [6.45, 7) is 2.38. The Kier molecular flexibility index (Phi) is 6.85. The van der Waals surface area contributed by atoms with Crippen molar-refractivity contribution in [2.24, 2.45) is 0 Å². The van der Waals surface area contributed by atoms with Gasteiger partial charge in [-0.1, -0.05) is 67.8 Å². The van der Waals surface area contributed by atoms with E-state index >= 15 is 0 Å². The number of hydrogen-bond acceptors (Lipinski definition) is 3. The van der Waals surface area contributed by atoms with E-state index in [1.54, 1.807) is 22.8 Å². The van der Waals surface area contributed by atoms with Gasteiger partial charge in [-0.3, -0.25) is 14.2 Å². The van der Waals surface area contributed by atoms with E-state index in [0.29, 0.717) is 23.1 Å². The summed E-state index contributed by atoms with van der Waals surface area (Å²) in [6.07, 6.45) is 5.95. The van der Waals surface area contributed by atoms with Gasteiger partial charge in [-0.25, -0.2) is 9.36 Å². The molecule has 0 aliphatic heterocycles. The maximum Gasteiger partial charge on any atom is 0.336 e. The van der Waals surface area contributed by atoms with E-state index in [2.05, 4.69) is 5.32 Å². The van der Waals surface area contributed by atoms with E-state index in [0.717, 1.165) is 29.5 Å². The number of aromatic nitrogens is 2. The molecule has 0 atom stereocenters. The fourth-order valence-corrected chi connectivity index (χ4v) is 5.13. The molecule has 1 fully saturated rings. The van der Waals surface area contributed by atoms with Crippen LogP contribution in [0.4, 0.5) is 0 Å². The van der Waals surface area contributed by atoms with E-state index in [1.165, 1.54) is 23.8 Å². The Labute approximate surface area is 210 Å². The van der Waals surface area contributed by atoms with Gasteiger partial charge < -0.3 is 5.32 Å². The molecular formula is C30H31N3O3. The van der Waals surface area contributed by atoms with Gasteiger partial charge >= 0.3 is 5.69 Å². The number of aryl methyl sites for hydroxylation is 1. The molecule has 1 aliphatic rings. The fraction of sp³-hybridized carbons (Fsp3) is 0.300. The molecule has 6 nitrogen and oxygen atoms in total. The van der Waals surface area contributed by atoms with Gasteiger partial charge in [0.2, 0.25) is 5.91 Å². The highest BCUT2D eigenvalue weighted by Crippen LogP contribution is 2.18. The molecule has 184 valence electrons. The van der Waals surface area contributed by atoms with Crippen LogP contribution >= 0.6 is 0 Å². The minimum absolute atomic E-state index is 0.0121. The van der Waals surface area contributed by atoms with Crippen LogP contribution in [0, 0.1) is 6.92 Å². The van der Waals surface area contributed by atoms with Crippen molar-refractivity contribution >= 4 is 16.8 Å². The second-order valence-corrected chi connectivity index (χ2v) is 9.70. The third-order valence-electron chi connectivity index (χ3n) is 7.17. The topological polar surface area (TPSA) is 73.1 Å². The molecule has 1 N–H and O–H groups in total. The lowest BCUT2D eigenvalue weighted by molar-refractivity contribution is -0.121. The molecule has 0 unspecified atom stereocenters. The average molecular weight is 482 g/mol. The van der Waals surface area contributed by atoms with Gasteiger partial charge in [0.25, 0.3) is 5.56 Å². The zero-order chi connectivity index (χ0) is 25.1. The molecule has 1 aliphatic carbocycles. The van der Waals surface area contributed by atoms with Gasteiger partial charge in [0.15, 0.2) is 0 Å². The van der Waals surface area contributed by atoms with Crippen molar-refractivity contribution in [2.75, 3.05) is 0 Å². The minimum Gasteiger partial charge on any atom is -0.353 e. The van der Waals surface area contributed by atoms with Crippen LogP contribution in [-0.2, 0) is 17.8 Å². The Bertz CT molecular complexity index is 1510. The molecule has 1 amide bonds. The van der Waals surface area contributed by atoms with Crippen LogP contribution in [0.2, 0.25) is 0 Å². The lowest BCUT2D eigenvalue weighted by atomic mass is 9.95. The number of benzene rings is 3. The summed E-state index contributed by atoms with van der Waals surface area (Å²) in [7, 11) is 0. The van der Waals surface area contributed by atoms with Gasteiger partial charge in [0, 0.05) is 6.04 Å². The summed E-state index contributed by atoms with van der Waals surface area (Å²) < 4.78 is 2.89. The summed E-state index contributed by atoms with van der Waals surface area (Å²) in [6, 6.07) is 22.6. The van der Waals surface area contributed by atoms with E-state index < -0.39 is 0 Å². The monoisotopic (exact) mass is 481 g/mol. The Balaban J connectivity index is 1.47. The van der Waals surface area contributed by atoms with E-state index in [1.807, 2.05) is 61.5 Å². The molecule has 4 aromatic rings. The zero-order valence-corrected chi connectivity index (χ0v) is 20.6. The second-order valence-electron chi connectivity index (χ2n) is 9.70. The molecular weight excluding hydrogens is 450 g/mol. The molecule has 0 radical (unpaired) electrons. The SMILES string of the molecule is Cc1ccccc1Cn1c(=O)n(-c2ccc(CC(=O)NC3CCCCC3)cc2)c(=O)c2ccccc21. The van der Waals surface area contributed by atoms with Gasteiger partial charge in [-0.2, -0.15) is 0 Å². The summed E-state index contributed by atoms with van der Waals surface area (Å²) in [5.41, 5.74) is 3.33. The summed E-state index contributed by atoms with van der Waals surface area (Å²) in [4.78, 5) is 39.6. The minimum atomic E-state index is -0.384. The van der Waals surface area contributed by atoms with Crippen LogP contribution in [0.3, 0.4) is 0 Å². The smallest absolute Gasteiger partial charge is 0.336 e. The predicted octanol–water partition coefficient (Wildman–Crippen LogP) is 4.50. The zero-order valence-electron chi connectivity index (χ0n) is 20.6. The highest BCUT2D eigenvalue weighted by molar-refractivity contribution is 5.79. The maximum absolute atomic E-state index is 13.7. The first-order chi connectivity index (χ1) is 17.5. The van der Waals surface area contributed by atoms with Gasteiger partial charge in [0.05, 0.1) is 29.6 Å². The highest BCUT2D eigenvalue weighted by Gasteiger charge is 2.17. The first-order valence-electron chi connectivity index (χ1n) is 12.7. The van der Waals surface area contributed by atoms with Crippen molar-refractivity contribution in [1.82, 2.24) is 14.5 Å². The van der Waals surface area contributed by atoms with Gasteiger partial charge in [-0.05, 0) is 60.7 Å². The molecule has 1 heterocycles. The molecule has 5 rings (SSSR count). The number of hydrogen-bond donors (Lipinski definition) is 1. The molecule has 36 heavy (non-hydrogen) atoms. The van der Waals surface area contributed by atoms with Crippen LogP contribution in [-0.4, -0.2) is 21.1 Å². The lowest BCUT2D eigenvalue weighted by Gasteiger charge is -2.22. The van der Waals surface area contributed by atoms with Crippen molar-refractivity contribution < 1.29 is 4.79 Å². The van der Waals surface area contributed by atoms with Crippen LogP contribution in [0.15, 0.2) is 82.4 Å². The molecule has 3 aromatic carbocycles. The molecule has 0 bridgehead atoms. The van der Waals surface area contributed by atoms with Crippen LogP contribution in [0.1, 0.15) is 48.8 Å². The second kappa shape index (κ2) is 10.4. The third kappa shape index (κ3) is 4.89. The van der Waals surface area contributed by atoms with Crippen molar-refractivity contribution in [3.8, 4) is 5.69 Å². The van der Waals surface area contributed by atoms with Crippen LogP contribution in [0.5, 0.6) is 0 Å². The Morgan fingerprint density at radius 1 is 0.889 bits per heavy atom. The predicted molar refractivity (Wildman–Crippen MR) is 143 cm³/mol. The van der Waals surface area contributed by atoms with Gasteiger partial charge in [-0.15, -0.1) is 0 Å². The lowest BCUT2D eigenvalue weighted by Crippen LogP contribution is -2.39. The number of rotatable bonds is 6. The van der Waals surface area contributed by atoms with Crippen LogP contribution < -0.4 is 16.6 Å². The molecule has 0 saturated heterocycles. The number of nitrogens with one attached hydrogen (secondary N) is 1. The number of nitrogens with zero attached hydrogens (tertiary/aromatic N) is 2. The Hall–Kier alpha value is -3.93. The van der Waals surface area contributed by atoms with Gasteiger partial charge in [0.1, 0.15) is 0 Å². The first kappa shape index (κ1) is 23.8. The fourth-order valence-electron chi connectivity index (χ4n) is 5.13. The number of carbonyl (C=O) groups excluding carboxylic acids is 1. The highest BCUT2D eigenvalue weighted by atomic mass is 16.2. The van der Waals surface area contributed by atoms with E-state index in [-0.39, 0.29) is 29.6 Å². The maximum atomic E-state index is 13.7. The van der Waals surface area contributed by atoms with Crippen molar-refractivity contribution in [1.29, 1.82) is 0 Å². The van der Waals surface area contributed by atoms with E-state index in [9.17, 15) is 14.4 Å². The normalized spacial score (nSPS) is 14.1. The van der Waals surface area contributed by atoms with Crippen molar-refractivity contribution in [3.63, 3.8) is 0 Å². The quantitative estimate of drug-likeness (QED) is 0.441. The number of fused-ring (bicyclic) bond motifs is 1. The summed E-state index contributed by atoms with van der Waals surface area (Å²) >= 11 is 0. The summed E-state index contributed by atoms with van der Waals surface area (Å²) in [5.74, 6) is 0.0121. The van der Waals surface area contributed by atoms with E-state index in [4.69, 9.17) is 0 Å². The van der Waals surface area contributed by atoms with Crippen LogP contribution in [0.25, 0.3) is 16.6 Å². The molecule has 1 aromatic heterocycles. The summed E-state index contributed by atoms with van der Waals surface area (Å²) in [5, 5.41) is 3.63. The van der Waals surface area contributed by atoms with Crippen molar-refractivity contribution in [3.05, 3.63) is 110 Å². The number of amides is 1.